The fourth-order valence-corrected chi connectivity index (χ4v) is 4.01. The molecule has 1 saturated heterocycles. The Hall–Kier alpha value is -3.40. The number of nitrogens with zero attached hydrogens (tertiary/aromatic N) is 5. The number of carbonyl (C=O) groups excluding carboxylic acids is 1. The highest BCUT2D eigenvalue weighted by Crippen LogP contribution is 2.29. The summed E-state index contributed by atoms with van der Waals surface area (Å²) in [5, 5.41) is 6.15. The molecular formula is C20H22FN7O2. The molecule has 1 fully saturated rings. The van der Waals surface area contributed by atoms with Crippen molar-refractivity contribution in [1.82, 2.24) is 29.8 Å². The van der Waals surface area contributed by atoms with Gasteiger partial charge < -0.3 is 24.7 Å². The van der Waals surface area contributed by atoms with E-state index >= 15 is 0 Å². The number of hydrogen-bond acceptors (Lipinski definition) is 6. The van der Waals surface area contributed by atoms with Gasteiger partial charge in [-0.1, -0.05) is 0 Å². The Morgan fingerprint density at radius 1 is 1.23 bits per heavy atom. The summed E-state index contributed by atoms with van der Waals surface area (Å²) in [5.41, 5.74) is 2.33. The van der Waals surface area contributed by atoms with Crippen LogP contribution in [0.2, 0.25) is 0 Å². The summed E-state index contributed by atoms with van der Waals surface area (Å²) in [5.74, 6) is 0.415. The number of halogens is 1. The smallest absolute Gasteiger partial charge is 0.332 e. The maximum atomic E-state index is 14.5. The van der Waals surface area contributed by atoms with Gasteiger partial charge in [-0.05, 0) is 25.1 Å². The van der Waals surface area contributed by atoms with Crippen LogP contribution in [0.3, 0.4) is 0 Å². The number of piperazine rings is 1. The summed E-state index contributed by atoms with van der Waals surface area (Å²) in [6.45, 7) is 5.17. The highest BCUT2D eigenvalue weighted by molar-refractivity contribution is 6.08. The van der Waals surface area contributed by atoms with Crippen LogP contribution in [0.5, 0.6) is 0 Å². The van der Waals surface area contributed by atoms with E-state index in [-0.39, 0.29) is 11.7 Å². The second kappa shape index (κ2) is 7.13. The fourth-order valence-electron chi connectivity index (χ4n) is 4.01. The highest BCUT2D eigenvalue weighted by atomic mass is 19.1. The van der Waals surface area contributed by atoms with Gasteiger partial charge in [0.2, 0.25) is 5.88 Å². The summed E-state index contributed by atoms with van der Waals surface area (Å²) < 4.78 is 21.7. The molecule has 2 N–H and O–H groups in total. The number of methoxy groups -OCH3 is 1. The van der Waals surface area contributed by atoms with Crippen molar-refractivity contribution in [2.24, 2.45) is 4.99 Å². The van der Waals surface area contributed by atoms with Crippen LogP contribution in [0.1, 0.15) is 17.4 Å². The number of nitrogens with one attached hydrogen (secondary N) is 2. The van der Waals surface area contributed by atoms with Gasteiger partial charge in [0, 0.05) is 44.1 Å². The minimum absolute atomic E-state index is 0.246. The molecule has 3 aliphatic heterocycles. The molecule has 2 amide bonds. The van der Waals surface area contributed by atoms with E-state index in [0.29, 0.717) is 23.0 Å². The fraction of sp³-hybridized carbons (Fsp3) is 0.350. The van der Waals surface area contributed by atoms with Gasteiger partial charge in [0.1, 0.15) is 5.84 Å². The molecule has 0 spiro atoms. The number of amidine groups is 1. The number of aromatic nitrogens is 2. The number of fused-ring (bicyclic) bond motifs is 2. The molecule has 9 nitrogen and oxygen atoms in total. The largest absolute Gasteiger partial charge is 0.480 e. The summed E-state index contributed by atoms with van der Waals surface area (Å²) in [6.07, 6.45) is 6.46. The molecule has 156 valence electrons. The molecule has 0 saturated carbocycles. The molecule has 0 aliphatic carbocycles. The first kappa shape index (κ1) is 18.6. The Labute approximate surface area is 172 Å². The zero-order valence-corrected chi connectivity index (χ0v) is 16.7. The van der Waals surface area contributed by atoms with Crippen molar-refractivity contribution < 1.29 is 13.9 Å². The van der Waals surface area contributed by atoms with E-state index in [2.05, 4.69) is 25.5 Å². The van der Waals surface area contributed by atoms with Crippen molar-refractivity contribution in [1.29, 1.82) is 0 Å². The van der Waals surface area contributed by atoms with Crippen LogP contribution < -0.4 is 10.6 Å². The van der Waals surface area contributed by atoms with E-state index in [0.717, 1.165) is 31.9 Å². The Balaban J connectivity index is 1.51. The Kier molecular flexibility index (Phi) is 4.43. The van der Waals surface area contributed by atoms with Crippen molar-refractivity contribution in [2.45, 2.75) is 13.1 Å². The molecule has 3 aliphatic rings. The van der Waals surface area contributed by atoms with Gasteiger partial charge >= 0.3 is 6.03 Å². The first-order valence-electron chi connectivity index (χ1n) is 9.80. The highest BCUT2D eigenvalue weighted by Gasteiger charge is 2.36. The van der Waals surface area contributed by atoms with Crippen LogP contribution in [-0.4, -0.2) is 64.3 Å². The molecule has 30 heavy (non-hydrogen) atoms. The van der Waals surface area contributed by atoms with Crippen LogP contribution in [0.25, 0.3) is 5.65 Å². The van der Waals surface area contributed by atoms with E-state index in [9.17, 15) is 9.18 Å². The van der Waals surface area contributed by atoms with Crippen LogP contribution >= 0.6 is 0 Å². The predicted molar refractivity (Wildman–Crippen MR) is 108 cm³/mol. The molecule has 0 bridgehead atoms. The zero-order valence-electron chi connectivity index (χ0n) is 16.7. The van der Waals surface area contributed by atoms with E-state index < -0.39 is 12.0 Å². The van der Waals surface area contributed by atoms with Gasteiger partial charge in [0.15, 0.2) is 17.6 Å². The maximum absolute atomic E-state index is 14.5. The number of hydrogen-bond donors (Lipinski definition) is 2. The number of carbonyl (C=O) groups is 1. The predicted octanol–water partition coefficient (Wildman–Crippen LogP) is 1.49. The number of ether oxygens (including phenoxy) is 1. The van der Waals surface area contributed by atoms with Crippen LogP contribution in [-0.2, 0) is 4.74 Å². The van der Waals surface area contributed by atoms with Crippen LogP contribution in [0.4, 0.5) is 9.18 Å². The Morgan fingerprint density at radius 2 is 2.03 bits per heavy atom. The van der Waals surface area contributed by atoms with Gasteiger partial charge in [-0.3, -0.25) is 0 Å². The lowest BCUT2D eigenvalue weighted by molar-refractivity contribution is 0.164. The number of amides is 2. The third-order valence-corrected chi connectivity index (χ3v) is 5.38. The third-order valence-electron chi connectivity index (χ3n) is 5.38. The number of aryl methyl sites for hydroxylation is 1. The number of imidazole rings is 1. The average molecular weight is 411 g/mol. The van der Waals surface area contributed by atoms with E-state index in [1.807, 2.05) is 6.08 Å². The molecule has 2 aromatic heterocycles. The van der Waals surface area contributed by atoms with E-state index in [1.165, 1.54) is 11.0 Å². The van der Waals surface area contributed by atoms with Crippen LogP contribution in [0, 0.1) is 12.7 Å². The zero-order chi connectivity index (χ0) is 20.8. The molecule has 0 radical (unpaired) electrons. The standard InChI is InChI=1S/C20H22FN7O2/c1-12-10-27-11-13(9-14(21)18(27)23-12)17-24-16-4-3-15(26-7-5-22-6-8-26)19(30-2)28(16)20(29)25-17/h3-4,9-11,17,22H,5-8H2,1-2H3,(H,25,29). The summed E-state index contributed by atoms with van der Waals surface area (Å²) in [4.78, 5) is 25.4. The first-order chi connectivity index (χ1) is 14.5. The van der Waals surface area contributed by atoms with Gasteiger partial charge in [-0.15, -0.1) is 0 Å². The molecular weight excluding hydrogens is 389 g/mol. The summed E-state index contributed by atoms with van der Waals surface area (Å²) in [6, 6.07) is 0.985. The van der Waals surface area contributed by atoms with Crippen molar-refractivity contribution in [3.63, 3.8) is 0 Å². The normalized spacial score (nSPS) is 21.6. The molecule has 1 atom stereocenters. The lowest BCUT2D eigenvalue weighted by atomic mass is 10.1. The van der Waals surface area contributed by atoms with E-state index in [4.69, 9.17) is 4.74 Å². The SMILES string of the molecule is COC1=C(N2CCNCC2)C=CC2=NC(c3cc(F)c4nc(C)cn4c3)NC(=O)N21. The molecule has 5 rings (SSSR count). The van der Waals surface area contributed by atoms with Gasteiger partial charge in [0.25, 0.3) is 0 Å². The lowest BCUT2D eigenvalue weighted by Crippen LogP contribution is -2.51. The van der Waals surface area contributed by atoms with Gasteiger partial charge in [-0.2, -0.15) is 0 Å². The first-order valence-corrected chi connectivity index (χ1v) is 9.80. The number of urea groups is 1. The lowest BCUT2D eigenvalue weighted by Gasteiger charge is -2.38. The molecule has 5 heterocycles. The minimum Gasteiger partial charge on any atom is -0.480 e. The van der Waals surface area contributed by atoms with Crippen molar-refractivity contribution in [3.05, 3.63) is 59.3 Å². The van der Waals surface area contributed by atoms with Crippen molar-refractivity contribution in [2.75, 3.05) is 33.3 Å². The second-order valence-electron chi connectivity index (χ2n) is 7.37. The van der Waals surface area contributed by atoms with Crippen LogP contribution in [0.15, 0.2) is 47.2 Å². The topological polar surface area (TPSA) is 86.5 Å². The number of aliphatic imine (C=N–C) groups is 1. The van der Waals surface area contributed by atoms with Gasteiger partial charge in [-0.25, -0.2) is 24.1 Å². The Morgan fingerprint density at radius 3 is 2.80 bits per heavy atom. The summed E-state index contributed by atoms with van der Waals surface area (Å²) in [7, 11) is 1.54. The average Bonchev–Trinajstić information content (AvgIpc) is 3.14. The van der Waals surface area contributed by atoms with E-state index in [1.54, 1.807) is 36.9 Å². The molecule has 10 heteroatoms. The number of rotatable bonds is 3. The number of pyridine rings is 1. The van der Waals surface area contributed by atoms with Crippen molar-refractivity contribution in [3.8, 4) is 0 Å². The summed E-state index contributed by atoms with van der Waals surface area (Å²) >= 11 is 0. The monoisotopic (exact) mass is 411 g/mol. The molecule has 1 unspecified atom stereocenters. The Bertz CT molecular complexity index is 1110. The van der Waals surface area contributed by atoms with Gasteiger partial charge in [0.05, 0.1) is 18.5 Å². The quantitative estimate of drug-likeness (QED) is 0.799. The minimum atomic E-state index is -0.714. The molecule has 0 aromatic carbocycles. The number of allylic oxidation sites excluding steroid dienone is 1. The van der Waals surface area contributed by atoms with Crippen molar-refractivity contribution >= 4 is 17.5 Å². The second-order valence-corrected chi connectivity index (χ2v) is 7.37. The third kappa shape index (κ3) is 3.00. The maximum Gasteiger partial charge on any atom is 0.332 e. The molecule has 2 aromatic rings.